The van der Waals surface area contributed by atoms with Crippen molar-refractivity contribution in [1.82, 2.24) is 0 Å². The Labute approximate surface area is 114 Å². The van der Waals surface area contributed by atoms with E-state index in [9.17, 15) is 10.2 Å². The molecule has 0 aliphatic rings. The van der Waals surface area contributed by atoms with Gasteiger partial charge >= 0.3 is 0 Å². The number of hydrogen-bond acceptors (Lipinski definition) is 4. The maximum atomic E-state index is 10.2. The van der Waals surface area contributed by atoms with Gasteiger partial charge in [0.05, 0.1) is 14.2 Å². The van der Waals surface area contributed by atoms with Gasteiger partial charge in [0, 0.05) is 11.1 Å². The van der Waals surface area contributed by atoms with Gasteiger partial charge in [-0.2, -0.15) is 0 Å². The molecule has 0 bridgehead atoms. The summed E-state index contributed by atoms with van der Waals surface area (Å²) in [5, 5.41) is 20.3. The first-order valence-corrected chi connectivity index (χ1v) is 6.28. The van der Waals surface area contributed by atoms with E-state index in [0.29, 0.717) is 17.5 Å². The van der Waals surface area contributed by atoms with Crippen LogP contribution in [0.25, 0.3) is 0 Å². The Bertz CT molecular complexity index is 490. The van der Waals surface area contributed by atoms with Crippen molar-refractivity contribution in [2.24, 2.45) is 0 Å². The third-order valence-electron chi connectivity index (χ3n) is 3.35. The van der Waals surface area contributed by atoms with Crippen molar-refractivity contribution < 1.29 is 19.7 Å². The number of ether oxygens (including phenoxy) is 2. The van der Waals surface area contributed by atoms with Crippen LogP contribution < -0.4 is 9.47 Å². The molecule has 0 heterocycles. The molecule has 106 valence electrons. The Balaban J connectivity index is 3.37. The molecule has 4 heteroatoms. The van der Waals surface area contributed by atoms with Gasteiger partial charge in [-0.3, -0.25) is 0 Å². The molecule has 0 atom stereocenters. The highest BCUT2D eigenvalue weighted by Gasteiger charge is 2.22. The smallest absolute Gasteiger partial charge is 0.207 e. The van der Waals surface area contributed by atoms with Gasteiger partial charge in [0.2, 0.25) is 11.5 Å². The summed E-state index contributed by atoms with van der Waals surface area (Å²) in [5.74, 6) is 0.366. The molecule has 0 unspecified atom stereocenters. The highest BCUT2D eigenvalue weighted by atomic mass is 16.5. The minimum absolute atomic E-state index is 0.00898. The summed E-state index contributed by atoms with van der Waals surface area (Å²) in [6.07, 6.45) is 3.54. The van der Waals surface area contributed by atoms with Crippen molar-refractivity contribution in [2.75, 3.05) is 14.2 Å². The Morgan fingerprint density at radius 1 is 1.11 bits per heavy atom. The predicted octanol–water partition coefficient (Wildman–Crippen LogP) is 3.32. The number of methoxy groups -OCH3 is 2. The van der Waals surface area contributed by atoms with Crippen LogP contribution in [-0.2, 0) is 6.42 Å². The lowest BCUT2D eigenvalue weighted by Gasteiger charge is -2.17. The van der Waals surface area contributed by atoms with Gasteiger partial charge < -0.3 is 19.7 Å². The number of benzene rings is 1. The van der Waals surface area contributed by atoms with Gasteiger partial charge in [-0.1, -0.05) is 18.6 Å². The van der Waals surface area contributed by atoms with E-state index < -0.39 is 0 Å². The molecule has 4 nitrogen and oxygen atoms in total. The Morgan fingerprint density at radius 2 is 1.63 bits per heavy atom. The molecule has 0 amide bonds. The van der Waals surface area contributed by atoms with Gasteiger partial charge in [0.1, 0.15) is 0 Å². The average molecular weight is 266 g/mol. The van der Waals surface area contributed by atoms with E-state index in [1.54, 1.807) is 6.92 Å². The average Bonchev–Trinajstić information content (AvgIpc) is 2.41. The molecule has 0 saturated carbocycles. The summed E-state index contributed by atoms with van der Waals surface area (Å²) in [5.41, 5.74) is 2.49. The van der Waals surface area contributed by atoms with Crippen LogP contribution in [0, 0.1) is 6.92 Å². The summed E-state index contributed by atoms with van der Waals surface area (Å²) in [4.78, 5) is 0. The lowest BCUT2D eigenvalue weighted by atomic mass is 10.00. The predicted molar refractivity (Wildman–Crippen MR) is 75.4 cm³/mol. The molecule has 2 N–H and O–H groups in total. The van der Waals surface area contributed by atoms with Crippen LogP contribution in [0.5, 0.6) is 23.0 Å². The number of phenols is 2. The van der Waals surface area contributed by atoms with Gasteiger partial charge in [-0.05, 0) is 26.7 Å². The SMILES string of the molecule is CC/C(C)=C/Cc1c(C)c(O)c(OC)c(OC)c1O. The standard InChI is InChI=1S/C15H22O4/c1-6-9(2)7-8-11-10(3)12(16)14(18-4)15(19-5)13(11)17/h7,16-17H,6,8H2,1-5H3/b9-7+. The third-order valence-corrected chi connectivity index (χ3v) is 3.35. The van der Waals surface area contributed by atoms with Crippen LogP contribution in [0.4, 0.5) is 0 Å². The second-order valence-electron chi connectivity index (χ2n) is 4.48. The fourth-order valence-electron chi connectivity index (χ4n) is 1.89. The van der Waals surface area contributed by atoms with Gasteiger partial charge in [0.15, 0.2) is 11.5 Å². The van der Waals surface area contributed by atoms with Gasteiger partial charge in [-0.15, -0.1) is 0 Å². The molecular weight excluding hydrogens is 244 g/mol. The molecule has 1 aromatic rings. The lowest BCUT2D eigenvalue weighted by Crippen LogP contribution is -1.98. The molecule has 0 radical (unpaired) electrons. The van der Waals surface area contributed by atoms with E-state index in [1.165, 1.54) is 19.8 Å². The molecule has 0 aromatic heterocycles. The molecule has 1 rings (SSSR count). The summed E-state index contributed by atoms with van der Waals surface area (Å²) >= 11 is 0. The topological polar surface area (TPSA) is 58.9 Å². The first-order valence-electron chi connectivity index (χ1n) is 6.28. The van der Waals surface area contributed by atoms with E-state index in [4.69, 9.17) is 9.47 Å². The third kappa shape index (κ3) is 2.95. The fourth-order valence-corrected chi connectivity index (χ4v) is 1.89. The molecule has 0 aliphatic heterocycles. The van der Waals surface area contributed by atoms with E-state index in [1.807, 2.05) is 13.0 Å². The van der Waals surface area contributed by atoms with Crippen molar-refractivity contribution >= 4 is 0 Å². The molecule has 0 aliphatic carbocycles. The summed E-state index contributed by atoms with van der Waals surface area (Å²) in [6.45, 7) is 5.86. The second-order valence-corrected chi connectivity index (χ2v) is 4.48. The largest absolute Gasteiger partial charge is 0.504 e. The maximum Gasteiger partial charge on any atom is 0.207 e. The highest BCUT2D eigenvalue weighted by Crippen LogP contribution is 2.48. The number of phenolic OH excluding ortho intramolecular Hbond substituents is 2. The molecule has 19 heavy (non-hydrogen) atoms. The zero-order valence-electron chi connectivity index (χ0n) is 12.2. The zero-order chi connectivity index (χ0) is 14.6. The minimum atomic E-state index is 0.00898. The van der Waals surface area contributed by atoms with Crippen molar-refractivity contribution in [3.05, 3.63) is 22.8 Å². The van der Waals surface area contributed by atoms with Crippen molar-refractivity contribution in [1.29, 1.82) is 0 Å². The monoisotopic (exact) mass is 266 g/mol. The lowest BCUT2D eigenvalue weighted by molar-refractivity contribution is 0.314. The molecule has 0 fully saturated rings. The molecule has 0 spiro atoms. The second kappa shape index (κ2) is 6.36. The summed E-state index contributed by atoms with van der Waals surface area (Å²) in [7, 11) is 2.86. The van der Waals surface area contributed by atoms with Crippen LogP contribution in [0.2, 0.25) is 0 Å². The first-order chi connectivity index (χ1) is 8.97. The van der Waals surface area contributed by atoms with Crippen LogP contribution in [0.3, 0.4) is 0 Å². The van der Waals surface area contributed by atoms with E-state index in [2.05, 4.69) is 6.92 Å². The minimum Gasteiger partial charge on any atom is -0.504 e. The molecule has 1 aromatic carbocycles. The number of allylic oxidation sites excluding steroid dienone is 2. The maximum absolute atomic E-state index is 10.2. The van der Waals surface area contributed by atoms with Crippen LogP contribution in [-0.4, -0.2) is 24.4 Å². The fraction of sp³-hybridized carbons (Fsp3) is 0.467. The van der Waals surface area contributed by atoms with Crippen molar-refractivity contribution in [3.63, 3.8) is 0 Å². The van der Waals surface area contributed by atoms with E-state index >= 15 is 0 Å². The summed E-state index contributed by atoms with van der Waals surface area (Å²) in [6, 6.07) is 0. The first kappa shape index (κ1) is 15.2. The quantitative estimate of drug-likeness (QED) is 0.634. The van der Waals surface area contributed by atoms with Gasteiger partial charge in [0.25, 0.3) is 0 Å². The van der Waals surface area contributed by atoms with Crippen LogP contribution in [0.1, 0.15) is 31.4 Å². The van der Waals surface area contributed by atoms with E-state index in [-0.39, 0.29) is 23.0 Å². The number of hydrogen-bond donors (Lipinski definition) is 2. The zero-order valence-corrected chi connectivity index (χ0v) is 12.2. The summed E-state index contributed by atoms with van der Waals surface area (Å²) < 4.78 is 10.2. The highest BCUT2D eigenvalue weighted by molar-refractivity contribution is 5.66. The molecular formula is C15H22O4. The molecule has 0 saturated heterocycles. The van der Waals surface area contributed by atoms with Crippen molar-refractivity contribution in [2.45, 2.75) is 33.6 Å². The van der Waals surface area contributed by atoms with Crippen LogP contribution >= 0.6 is 0 Å². The Kier molecular flexibility index (Phi) is 5.10. The van der Waals surface area contributed by atoms with Crippen LogP contribution in [0.15, 0.2) is 11.6 Å². The van der Waals surface area contributed by atoms with Crippen molar-refractivity contribution in [3.8, 4) is 23.0 Å². The Morgan fingerprint density at radius 3 is 2.11 bits per heavy atom. The number of aromatic hydroxyl groups is 2. The normalized spacial score (nSPS) is 11.5. The van der Waals surface area contributed by atoms with E-state index in [0.717, 1.165) is 6.42 Å². The number of rotatable bonds is 5. The van der Waals surface area contributed by atoms with Gasteiger partial charge in [-0.25, -0.2) is 0 Å². The Hall–Kier alpha value is -1.84.